The Morgan fingerprint density at radius 3 is 2.79 bits per heavy atom. The Balaban J connectivity index is 1.52. The van der Waals surface area contributed by atoms with Crippen molar-refractivity contribution in [3.05, 3.63) is 73.1 Å². The van der Waals surface area contributed by atoms with E-state index in [9.17, 15) is 9.18 Å². The van der Waals surface area contributed by atoms with Gasteiger partial charge in [-0.2, -0.15) is 0 Å². The standard InChI is InChI=1S/C21H19FN4O2S/c22-17-8-4-9-18-20(17)24-21(29-18)26(12-5-11-25-13-10-23-15-25)19(27)14-28-16-6-2-1-3-7-16/h1-4,6-10,13,15H,5,11-12,14H2. The normalized spacial score (nSPS) is 10.9. The lowest BCUT2D eigenvalue weighted by Crippen LogP contribution is -2.36. The molecule has 0 saturated carbocycles. The summed E-state index contributed by atoms with van der Waals surface area (Å²) >= 11 is 1.30. The molecule has 0 spiro atoms. The fourth-order valence-electron chi connectivity index (χ4n) is 2.92. The van der Waals surface area contributed by atoms with Crippen LogP contribution in [0.25, 0.3) is 10.2 Å². The van der Waals surface area contributed by atoms with Gasteiger partial charge in [0, 0.05) is 25.5 Å². The SMILES string of the molecule is O=C(COc1ccccc1)N(CCCn1ccnc1)c1nc2c(F)cccc2s1. The number of fused-ring (bicyclic) bond motifs is 1. The average molecular weight is 410 g/mol. The third-order valence-corrected chi connectivity index (χ3v) is 5.40. The summed E-state index contributed by atoms with van der Waals surface area (Å²) in [7, 11) is 0. The molecule has 2 aromatic carbocycles. The molecule has 148 valence electrons. The lowest BCUT2D eigenvalue weighted by Gasteiger charge is -2.20. The molecule has 0 aliphatic rings. The monoisotopic (exact) mass is 410 g/mol. The smallest absolute Gasteiger partial charge is 0.266 e. The first-order valence-corrected chi connectivity index (χ1v) is 10.0. The first-order chi connectivity index (χ1) is 14.2. The number of para-hydroxylation sites is 2. The van der Waals surface area contributed by atoms with Gasteiger partial charge in [0.2, 0.25) is 0 Å². The number of ether oxygens (including phenoxy) is 1. The molecule has 0 radical (unpaired) electrons. The zero-order valence-corrected chi connectivity index (χ0v) is 16.4. The van der Waals surface area contributed by atoms with Crippen molar-refractivity contribution < 1.29 is 13.9 Å². The Bertz CT molecular complexity index is 1080. The Morgan fingerprint density at radius 2 is 2.03 bits per heavy atom. The number of rotatable bonds is 8. The second-order valence-electron chi connectivity index (χ2n) is 6.38. The topological polar surface area (TPSA) is 60.2 Å². The molecule has 0 saturated heterocycles. The number of aryl methyl sites for hydroxylation is 1. The van der Waals surface area contributed by atoms with E-state index in [1.54, 1.807) is 41.7 Å². The van der Waals surface area contributed by atoms with Crippen molar-refractivity contribution in [2.24, 2.45) is 0 Å². The Labute approximate surface area is 171 Å². The minimum atomic E-state index is -0.392. The second kappa shape index (κ2) is 8.83. The van der Waals surface area contributed by atoms with Crippen LogP contribution in [-0.2, 0) is 11.3 Å². The van der Waals surface area contributed by atoms with Gasteiger partial charge in [-0.05, 0) is 30.7 Å². The maximum absolute atomic E-state index is 14.1. The van der Waals surface area contributed by atoms with Crippen LogP contribution in [0.4, 0.5) is 9.52 Å². The maximum Gasteiger partial charge on any atom is 0.266 e. The number of hydrogen-bond acceptors (Lipinski definition) is 5. The van der Waals surface area contributed by atoms with Crippen LogP contribution in [-0.4, -0.2) is 33.6 Å². The van der Waals surface area contributed by atoms with Crippen LogP contribution in [0.2, 0.25) is 0 Å². The molecule has 2 aromatic heterocycles. The van der Waals surface area contributed by atoms with Crippen molar-refractivity contribution in [1.82, 2.24) is 14.5 Å². The van der Waals surface area contributed by atoms with E-state index < -0.39 is 5.82 Å². The van der Waals surface area contributed by atoms with Gasteiger partial charge < -0.3 is 9.30 Å². The number of amides is 1. The fourth-order valence-corrected chi connectivity index (χ4v) is 3.94. The number of imidazole rings is 1. The van der Waals surface area contributed by atoms with E-state index in [-0.39, 0.29) is 18.0 Å². The zero-order valence-electron chi connectivity index (χ0n) is 15.6. The lowest BCUT2D eigenvalue weighted by atomic mass is 10.3. The molecule has 2 heterocycles. The highest BCUT2D eigenvalue weighted by Gasteiger charge is 2.21. The predicted molar refractivity (Wildman–Crippen MR) is 111 cm³/mol. The molecule has 6 nitrogen and oxygen atoms in total. The number of nitrogens with zero attached hydrogens (tertiary/aromatic N) is 4. The predicted octanol–water partition coefficient (Wildman–Crippen LogP) is 4.13. The molecule has 4 aromatic rings. The first-order valence-electron chi connectivity index (χ1n) is 9.20. The summed E-state index contributed by atoms with van der Waals surface area (Å²) in [6.07, 6.45) is 6.02. The summed E-state index contributed by atoms with van der Waals surface area (Å²) < 4.78 is 22.3. The highest BCUT2D eigenvalue weighted by molar-refractivity contribution is 7.22. The summed E-state index contributed by atoms with van der Waals surface area (Å²) in [6, 6.07) is 14.0. The van der Waals surface area contributed by atoms with Gasteiger partial charge in [-0.25, -0.2) is 14.4 Å². The van der Waals surface area contributed by atoms with Crippen molar-refractivity contribution in [2.75, 3.05) is 18.1 Å². The Hall–Kier alpha value is -3.26. The van der Waals surface area contributed by atoms with Crippen LogP contribution in [0.15, 0.2) is 67.3 Å². The van der Waals surface area contributed by atoms with Crippen LogP contribution in [0.3, 0.4) is 0 Å². The fraction of sp³-hybridized carbons (Fsp3) is 0.190. The molecule has 0 aliphatic heterocycles. The van der Waals surface area contributed by atoms with Crippen molar-refractivity contribution in [2.45, 2.75) is 13.0 Å². The molecule has 8 heteroatoms. The molecule has 4 rings (SSSR count). The number of aromatic nitrogens is 3. The van der Waals surface area contributed by atoms with E-state index in [4.69, 9.17) is 4.74 Å². The Kier molecular flexibility index (Phi) is 5.81. The molecular weight excluding hydrogens is 391 g/mol. The molecule has 0 N–H and O–H groups in total. The van der Waals surface area contributed by atoms with Crippen LogP contribution in [0, 0.1) is 5.82 Å². The van der Waals surface area contributed by atoms with Crippen molar-refractivity contribution in [1.29, 1.82) is 0 Å². The number of thiazole rings is 1. The molecule has 1 amide bonds. The van der Waals surface area contributed by atoms with Gasteiger partial charge in [-0.1, -0.05) is 35.6 Å². The van der Waals surface area contributed by atoms with Gasteiger partial charge in [0.05, 0.1) is 11.0 Å². The summed E-state index contributed by atoms with van der Waals surface area (Å²) in [5, 5.41) is 0.470. The number of carbonyl (C=O) groups excluding carboxylic acids is 1. The molecule has 0 fully saturated rings. The summed E-state index contributed by atoms with van der Waals surface area (Å²) in [6.45, 7) is 1.03. The molecular formula is C21H19FN4O2S. The number of benzene rings is 2. The minimum Gasteiger partial charge on any atom is -0.484 e. The molecule has 0 unspecified atom stereocenters. The van der Waals surface area contributed by atoms with E-state index in [0.717, 1.165) is 0 Å². The van der Waals surface area contributed by atoms with Gasteiger partial charge in [-0.15, -0.1) is 0 Å². The van der Waals surface area contributed by atoms with Gasteiger partial charge in [0.15, 0.2) is 11.7 Å². The van der Waals surface area contributed by atoms with Gasteiger partial charge >= 0.3 is 0 Å². The quantitative estimate of drug-likeness (QED) is 0.438. The minimum absolute atomic E-state index is 0.118. The summed E-state index contributed by atoms with van der Waals surface area (Å²) in [5.74, 6) is 0.00450. The van der Waals surface area contributed by atoms with Gasteiger partial charge in [0.1, 0.15) is 17.1 Å². The van der Waals surface area contributed by atoms with Crippen LogP contribution >= 0.6 is 11.3 Å². The first kappa shape index (κ1) is 19.1. The third-order valence-electron chi connectivity index (χ3n) is 4.35. The van der Waals surface area contributed by atoms with E-state index in [1.165, 1.54) is 17.4 Å². The summed E-state index contributed by atoms with van der Waals surface area (Å²) in [4.78, 5) is 22.9. The molecule has 0 aliphatic carbocycles. The van der Waals surface area contributed by atoms with Crippen molar-refractivity contribution in [3.63, 3.8) is 0 Å². The van der Waals surface area contributed by atoms with Crippen LogP contribution in [0.5, 0.6) is 5.75 Å². The molecule has 29 heavy (non-hydrogen) atoms. The number of halogens is 1. The van der Waals surface area contributed by atoms with Gasteiger partial charge in [0.25, 0.3) is 5.91 Å². The van der Waals surface area contributed by atoms with Crippen molar-refractivity contribution >= 4 is 32.6 Å². The van der Waals surface area contributed by atoms with E-state index in [2.05, 4.69) is 9.97 Å². The highest BCUT2D eigenvalue weighted by atomic mass is 32.1. The number of hydrogen-bond donors (Lipinski definition) is 0. The zero-order chi connectivity index (χ0) is 20.1. The Morgan fingerprint density at radius 1 is 1.17 bits per heavy atom. The third kappa shape index (κ3) is 4.60. The van der Waals surface area contributed by atoms with E-state index in [1.807, 2.05) is 29.0 Å². The molecule has 0 atom stereocenters. The second-order valence-corrected chi connectivity index (χ2v) is 7.39. The van der Waals surface area contributed by atoms with Crippen LogP contribution in [0.1, 0.15) is 6.42 Å². The van der Waals surface area contributed by atoms with Crippen LogP contribution < -0.4 is 9.64 Å². The highest BCUT2D eigenvalue weighted by Crippen LogP contribution is 2.30. The average Bonchev–Trinajstić information content (AvgIpc) is 3.41. The van der Waals surface area contributed by atoms with Crippen molar-refractivity contribution in [3.8, 4) is 5.75 Å². The number of carbonyl (C=O) groups is 1. The molecule has 0 bridgehead atoms. The largest absolute Gasteiger partial charge is 0.484 e. The lowest BCUT2D eigenvalue weighted by molar-refractivity contribution is -0.120. The van der Waals surface area contributed by atoms with E-state index >= 15 is 0 Å². The summed E-state index contributed by atoms with van der Waals surface area (Å²) in [5.41, 5.74) is 0.281. The number of anilines is 1. The maximum atomic E-state index is 14.1. The van der Waals surface area contributed by atoms with E-state index in [0.29, 0.717) is 35.1 Å². The van der Waals surface area contributed by atoms with Gasteiger partial charge in [-0.3, -0.25) is 9.69 Å².